The van der Waals surface area contributed by atoms with Crippen LogP contribution in [0.2, 0.25) is 0 Å². The van der Waals surface area contributed by atoms with Crippen LogP contribution in [-0.2, 0) is 9.63 Å². The molecule has 0 radical (unpaired) electrons. The number of hydrogen-bond donors (Lipinski definition) is 1. The fourth-order valence-corrected chi connectivity index (χ4v) is 2.38. The van der Waals surface area contributed by atoms with Gasteiger partial charge in [0.2, 0.25) is 0 Å². The van der Waals surface area contributed by atoms with E-state index in [9.17, 15) is 4.79 Å². The molecule has 0 unspecified atom stereocenters. The van der Waals surface area contributed by atoms with Crippen molar-refractivity contribution in [3.63, 3.8) is 0 Å². The highest BCUT2D eigenvalue weighted by atomic mass is 32.1. The minimum Gasteiger partial charge on any atom is -0.270 e. The lowest BCUT2D eigenvalue weighted by Gasteiger charge is -2.09. The average Bonchev–Trinajstić information content (AvgIpc) is 2.95. The van der Waals surface area contributed by atoms with Gasteiger partial charge in [0.1, 0.15) is 0 Å². The summed E-state index contributed by atoms with van der Waals surface area (Å²) in [6.07, 6.45) is 7.78. The quantitative estimate of drug-likeness (QED) is 0.661. The summed E-state index contributed by atoms with van der Waals surface area (Å²) in [4.78, 5) is 21.0. The van der Waals surface area contributed by atoms with Crippen molar-refractivity contribution in [1.29, 1.82) is 0 Å². The van der Waals surface area contributed by atoms with Gasteiger partial charge in [-0.05, 0) is 25.8 Å². The van der Waals surface area contributed by atoms with Crippen LogP contribution >= 0.6 is 11.3 Å². The molecule has 0 atom stereocenters. The molecule has 0 aliphatic heterocycles. The molecule has 1 aliphatic carbocycles. The number of carbonyl (C=O) groups is 1. The van der Waals surface area contributed by atoms with Crippen LogP contribution in [0.5, 0.6) is 0 Å². The summed E-state index contributed by atoms with van der Waals surface area (Å²) in [7, 11) is 0. The van der Waals surface area contributed by atoms with Crippen LogP contribution in [0, 0.1) is 6.92 Å². The molecule has 0 bridgehead atoms. The zero-order chi connectivity index (χ0) is 12.1. The summed E-state index contributed by atoms with van der Waals surface area (Å²) in [5, 5.41) is 2.91. The maximum absolute atomic E-state index is 11.4. The average molecular weight is 252 g/mol. The third-order valence-electron chi connectivity index (χ3n) is 2.67. The van der Waals surface area contributed by atoms with Gasteiger partial charge >= 0.3 is 0 Å². The number of hydroxylamine groups is 1. The van der Waals surface area contributed by atoms with Gasteiger partial charge in [-0.3, -0.25) is 9.63 Å². The number of carbonyl (C=O) groups excluding carboxylic acids is 1. The maximum Gasteiger partial charge on any atom is 0.267 e. The molecule has 1 aromatic rings. The van der Waals surface area contributed by atoms with Crippen molar-refractivity contribution in [1.82, 2.24) is 10.5 Å². The minimum atomic E-state index is -0.234. The van der Waals surface area contributed by atoms with Crippen LogP contribution in [0.25, 0.3) is 6.08 Å². The number of nitrogens with one attached hydrogen (secondary N) is 1. The largest absolute Gasteiger partial charge is 0.270 e. The van der Waals surface area contributed by atoms with Crippen LogP contribution in [0.1, 0.15) is 36.4 Å². The molecule has 1 aliphatic rings. The van der Waals surface area contributed by atoms with Crippen LogP contribution < -0.4 is 5.48 Å². The van der Waals surface area contributed by atoms with Crippen molar-refractivity contribution in [2.24, 2.45) is 0 Å². The smallest absolute Gasteiger partial charge is 0.267 e. The van der Waals surface area contributed by atoms with E-state index in [0.29, 0.717) is 0 Å². The van der Waals surface area contributed by atoms with Crippen LogP contribution in [0.3, 0.4) is 0 Å². The summed E-state index contributed by atoms with van der Waals surface area (Å²) in [5.41, 5.74) is 3.26. The zero-order valence-corrected chi connectivity index (χ0v) is 10.6. The SMILES string of the molecule is Cc1nc(/C=C/C(=O)NOC2CCCC2)cs1. The van der Waals surface area contributed by atoms with Crippen LogP contribution in [-0.4, -0.2) is 17.0 Å². The Hall–Kier alpha value is -1.20. The first-order chi connectivity index (χ1) is 8.24. The molecule has 92 valence electrons. The lowest BCUT2D eigenvalue weighted by atomic mass is 10.3. The van der Waals surface area contributed by atoms with Gasteiger partial charge in [0.05, 0.1) is 16.8 Å². The topological polar surface area (TPSA) is 51.2 Å². The van der Waals surface area contributed by atoms with E-state index in [1.54, 1.807) is 17.4 Å². The van der Waals surface area contributed by atoms with Gasteiger partial charge in [0.25, 0.3) is 5.91 Å². The van der Waals surface area contributed by atoms with E-state index in [1.807, 2.05) is 12.3 Å². The Kier molecular flexibility index (Phi) is 4.28. The number of aromatic nitrogens is 1. The van der Waals surface area contributed by atoms with Crippen molar-refractivity contribution < 1.29 is 9.63 Å². The lowest BCUT2D eigenvalue weighted by molar-refractivity contribution is -0.132. The van der Waals surface area contributed by atoms with Gasteiger partial charge in [-0.1, -0.05) is 12.8 Å². The summed E-state index contributed by atoms with van der Waals surface area (Å²) in [5.74, 6) is -0.234. The predicted molar refractivity (Wildman–Crippen MR) is 67.4 cm³/mol. The van der Waals surface area contributed by atoms with Crippen LogP contribution in [0.4, 0.5) is 0 Å². The Balaban J connectivity index is 1.74. The van der Waals surface area contributed by atoms with Gasteiger partial charge in [-0.2, -0.15) is 0 Å². The molecule has 5 heteroatoms. The Labute approximate surface area is 105 Å². The molecular formula is C12H16N2O2S. The summed E-state index contributed by atoms with van der Waals surface area (Å²) >= 11 is 1.56. The third-order valence-corrected chi connectivity index (χ3v) is 3.46. The first-order valence-corrected chi connectivity index (χ1v) is 6.68. The Bertz CT molecular complexity index is 408. The second-order valence-corrected chi connectivity index (χ2v) is 5.18. The molecule has 1 heterocycles. The molecule has 1 amide bonds. The Morgan fingerprint density at radius 3 is 3.00 bits per heavy atom. The van der Waals surface area contributed by atoms with Crippen molar-refractivity contribution in [2.75, 3.05) is 0 Å². The van der Waals surface area contributed by atoms with Crippen molar-refractivity contribution >= 4 is 23.3 Å². The molecule has 0 saturated heterocycles. The zero-order valence-electron chi connectivity index (χ0n) is 9.81. The second-order valence-electron chi connectivity index (χ2n) is 4.12. The van der Waals surface area contributed by atoms with E-state index in [0.717, 1.165) is 23.5 Å². The molecule has 4 nitrogen and oxygen atoms in total. The summed E-state index contributed by atoms with van der Waals surface area (Å²) in [6.45, 7) is 1.94. The highest BCUT2D eigenvalue weighted by Crippen LogP contribution is 2.19. The van der Waals surface area contributed by atoms with E-state index in [-0.39, 0.29) is 12.0 Å². The van der Waals surface area contributed by atoms with E-state index < -0.39 is 0 Å². The van der Waals surface area contributed by atoms with Crippen molar-refractivity contribution in [3.05, 3.63) is 22.2 Å². The number of nitrogens with zero attached hydrogens (tertiary/aromatic N) is 1. The third kappa shape index (κ3) is 3.94. The van der Waals surface area contributed by atoms with Crippen LogP contribution in [0.15, 0.2) is 11.5 Å². The lowest BCUT2D eigenvalue weighted by Crippen LogP contribution is -2.26. The highest BCUT2D eigenvalue weighted by Gasteiger charge is 2.16. The number of amides is 1. The minimum absolute atomic E-state index is 0.189. The molecule has 1 aromatic heterocycles. The predicted octanol–water partition coefficient (Wildman–Crippen LogP) is 2.46. The Morgan fingerprint density at radius 2 is 2.35 bits per heavy atom. The van der Waals surface area contributed by atoms with E-state index in [1.165, 1.54) is 18.9 Å². The summed E-state index contributed by atoms with van der Waals surface area (Å²) in [6, 6.07) is 0. The molecule has 0 aromatic carbocycles. The van der Waals surface area contributed by atoms with Gasteiger partial charge in [0.15, 0.2) is 0 Å². The first-order valence-electron chi connectivity index (χ1n) is 5.80. The molecular weight excluding hydrogens is 236 g/mol. The van der Waals surface area contributed by atoms with Gasteiger partial charge in [-0.25, -0.2) is 10.5 Å². The van der Waals surface area contributed by atoms with Crippen molar-refractivity contribution in [2.45, 2.75) is 38.7 Å². The first kappa shape index (κ1) is 12.3. The maximum atomic E-state index is 11.4. The standard InChI is InChI=1S/C12H16N2O2S/c1-9-13-10(8-17-9)6-7-12(15)14-16-11-4-2-3-5-11/h6-8,11H,2-5H2,1H3,(H,14,15)/b7-6+. The molecule has 17 heavy (non-hydrogen) atoms. The molecule has 0 spiro atoms. The fraction of sp³-hybridized carbons (Fsp3) is 0.500. The van der Waals surface area contributed by atoms with Gasteiger partial charge < -0.3 is 0 Å². The highest BCUT2D eigenvalue weighted by molar-refractivity contribution is 7.09. The summed E-state index contributed by atoms with van der Waals surface area (Å²) < 4.78 is 0. The van der Waals surface area contributed by atoms with E-state index in [2.05, 4.69) is 10.5 Å². The van der Waals surface area contributed by atoms with Gasteiger partial charge in [0, 0.05) is 11.5 Å². The number of aryl methyl sites for hydroxylation is 1. The number of hydrogen-bond acceptors (Lipinski definition) is 4. The molecule has 1 saturated carbocycles. The van der Waals surface area contributed by atoms with Gasteiger partial charge in [-0.15, -0.1) is 11.3 Å². The number of rotatable bonds is 4. The second kappa shape index (κ2) is 5.93. The van der Waals surface area contributed by atoms with Crippen molar-refractivity contribution in [3.8, 4) is 0 Å². The molecule has 1 fully saturated rings. The fourth-order valence-electron chi connectivity index (χ4n) is 1.80. The molecule has 1 N–H and O–H groups in total. The van der Waals surface area contributed by atoms with E-state index >= 15 is 0 Å². The normalized spacial score (nSPS) is 16.8. The molecule has 2 rings (SSSR count). The van der Waals surface area contributed by atoms with E-state index in [4.69, 9.17) is 4.84 Å². The number of thiazole rings is 1. The Morgan fingerprint density at radius 1 is 1.59 bits per heavy atom. The monoisotopic (exact) mass is 252 g/mol.